The van der Waals surface area contributed by atoms with Gasteiger partial charge in [-0.1, -0.05) is 40.0 Å². The first-order valence-electron chi connectivity index (χ1n) is 8.16. The minimum Gasteiger partial charge on any atom is -0.480 e. The Morgan fingerprint density at radius 1 is 1.24 bits per heavy atom. The van der Waals surface area contributed by atoms with Crippen molar-refractivity contribution >= 4 is 12.0 Å². The van der Waals surface area contributed by atoms with Gasteiger partial charge in [-0.25, -0.2) is 9.59 Å². The number of aliphatic carboxylic acids is 1. The Balaban J connectivity index is 2.48. The first kappa shape index (κ1) is 17.8. The molecule has 0 spiro atoms. The van der Waals surface area contributed by atoms with Gasteiger partial charge in [0.2, 0.25) is 0 Å². The number of hydrogen-bond donors (Lipinski definition) is 3. The highest BCUT2D eigenvalue weighted by Crippen LogP contribution is 2.42. The van der Waals surface area contributed by atoms with Gasteiger partial charge in [0, 0.05) is 6.54 Å². The highest BCUT2D eigenvalue weighted by Gasteiger charge is 2.34. The molecule has 1 rings (SSSR count). The van der Waals surface area contributed by atoms with Crippen molar-refractivity contribution in [3.8, 4) is 0 Å². The summed E-state index contributed by atoms with van der Waals surface area (Å²) in [6.07, 6.45) is 7.07. The molecule has 0 bridgehead atoms. The average Bonchev–Trinajstić information content (AvgIpc) is 2.84. The molecule has 1 atom stereocenters. The maximum Gasteiger partial charge on any atom is 0.326 e. The van der Waals surface area contributed by atoms with Gasteiger partial charge in [0.15, 0.2) is 0 Å². The van der Waals surface area contributed by atoms with Crippen molar-refractivity contribution in [1.29, 1.82) is 0 Å². The van der Waals surface area contributed by atoms with Crippen LogP contribution < -0.4 is 10.6 Å². The van der Waals surface area contributed by atoms with Crippen LogP contribution in [-0.2, 0) is 4.79 Å². The van der Waals surface area contributed by atoms with Crippen LogP contribution in [0, 0.1) is 11.3 Å². The quantitative estimate of drug-likeness (QED) is 0.644. The van der Waals surface area contributed by atoms with Crippen LogP contribution in [0.15, 0.2) is 0 Å². The minimum atomic E-state index is -0.968. The number of carbonyl (C=O) groups is 2. The van der Waals surface area contributed by atoms with E-state index in [-0.39, 0.29) is 11.4 Å². The molecule has 21 heavy (non-hydrogen) atoms. The third-order valence-corrected chi connectivity index (χ3v) is 4.31. The van der Waals surface area contributed by atoms with Gasteiger partial charge in [-0.2, -0.15) is 0 Å². The van der Waals surface area contributed by atoms with Crippen molar-refractivity contribution in [1.82, 2.24) is 10.6 Å². The lowest BCUT2D eigenvalue weighted by atomic mass is 9.78. The molecular formula is C16H30N2O3. The third kappa shape index (κ3) is 5.94. The van der Waals surface area contributed by atoms with Gasteiger partial charge in [-0.15, -0.1) is 0 Å². The second-order valence-corrected chi connectivity index (χ2v) is 6.81. The Labute approximate surface area is 127 Å². The monoisotopic (exact) mass is 298 g/mol. The number of rotatable bonds is 8. The van der Waals surface area contributed by atoms with E-state index >= 15 is 0 Å². The molecule has 1 saturated carbocycles. The van der Waals surface area contributed by atoms with Gasteiger partial charge in [-0.05, 0) is 37.0 Å². The van der Waals surface area contributed by atoms with Crippen molar-refractivity contribution in [2.24, 2.45) is 11.3 Å². The van der Waals surface area contributed by atoms with Gasteiger partial charge >= 0.3 is 12.0 Å². The molecule has 1 aliphatic carbocycles. The fourth-order valence-electron chi connectivity index (χ4n) is 3.47. The van der Waals surface area contributed by atoms with Crippen molar-refractivity contribution < 1.29 is 14.7 Å². The van der Waals surface area contributed by atoms with Crippen LogP contribution in [0.2, 0.25) is 0 Å². The summed E-state index contributed by atoms with van der Waals surface area (Å²) in [4.78, 5) is 23.0. The topological polar surface area (TPSA) is 78.4 Å². The van der Waals surface area contributed by atoms with E-state index in [1.165, 1.54) is 12.8 Å². The maximum absolute atomic E-state index is 11.9. The number of carbonyl (C=O) groups excluding carboxylic acids is 1. The fraction of sp³-hybridized carbons (Fsp3) is 0.875. The van der Waals surface area contributed by atoms with Gasteiger partial charge in [0.1, 0.15) is 6.04 Å². The van der Waals surface area contributed by atoms with E-state index in [4.69, 9.17) is 5.11 Å². The molecule has 1 fully saturated rings. The van der Waals surface area contributed by atoms with Gasteiger partial charge in [0.25, 0.3) is 0 Å². The Morgan fingerprint density at radius 3 is 2.33 bits per heavy atom. The highest BCUT2D eigenvalue weighted by molar-refractivity contribution is 5.82. The van der Waals surface area contributed by atoms with E-state index < -0.39 is 12.0 Å². The summed E-state index contributed by atoms with van der Waals surface area (Å²) in [5, 5.41) is 14.5. The molecule has 2 amide bonds. The summed E-state index contributed by atoms with van der Waals surface area (Å²) in [7, 11) is 0. The minimum absolute atomic E-state index is 0.203. The maximum atomic E-state index is 11.9. The Kier molecular flexibility index (Phi) is 6.99. The molecule has 0 unspecified atom stereocenters. The van der Waals surface area contributed by atoms with Gasteiger partial charge in [-0.3, -0.25) is 0 Å². The first-order chi connectivity index (χ1) is 9.88. The molecule has 5 heteroatoms. The standard InChI is InChI=1S/C16H30N2O3/c1-4-7-13(14(19)20)18-15(21)17-11-16(10-12(2)3)8-5-6-9-16/h12-13H,4-11H2,1-3H3,(H,19,20)(H2,17,18,21)/t13-/m1/s1. The third-order valence-electron chi connectivity index (χ3n) is 4.31. The van der Waals surface area contributed by atoms with E-state index in [1.54, 1.807) is 0 Å². The zero-order valence-electron chi connectivity index (χ0n) is 13.6. The van der Waals surface area contributed by atoms with Crippen LogP contribution in [0.1, 0.15) is 65.7 Å². The highest BCUT2D eigenvalue weighted by atomic mass is 16.4. The molecule has 0 aromatic rings. The summed E-state index contributed by atoms with van der Waals surface area (Å²) < 4.78 is 0. The predicted octanol–water partition coefficient (Wildman–Crippen LogP) is 3.15. The molecule has 5 nitrogen and oxygen atoms in total. The van der Waals surface area contributed by atoms with Crippen molar-refractivity contribution in [3.63, 3.8) is 0 Å². The zero-order valence-corrected chi connectivity index (χ0v) is 13.6. The largest absolute Gasteiger partial charge is 0.480 e. The van der Waals surface area contributed by atoms with E-state index in [0.29, 0.717) is 18.9 Å². The number of urea groups is 1. The van der Waals surface area contributed by atoms with Crippen LogP contribution in [0.25, 0.3) is 0 Å². The lowest BCUT2D eigenvalue weighted by molar-refractivity contribution is -0.139. The van der Waals surface area contributed by atoms with Crippen molar-refractivity contribution in [2.45, 2.75) is 71.8 Å². The number of carboxylic acids is 1. The Hall–Kier alpha value is -1.26. The van der Waals surface area contributed by atoms with Crippen LogP contribution >= 0.6 is 0 Å². The normalized spacial score (nSPS) is 18.5. The average molecular weight is 298 g/mol. The molecular weight excluding hydrogens is 268 g/mol. The van der Waals surface area contributed by atoms with Crippen molar-refractivity contribution in [3.05, 3.63) is 0 Å². The fourth-order valence-corrected chi connectivity index (χ4v) is 3.47. The van der Waals surface area contributed by atoms with Crippen LogP contribution in [0.5, 0.6) is 0 Å². The number of carboxylic acid groups (broad SMARTS) is 1. The summed E-state index contributed by atoms with van der Waals surface area (Å²) in [5.41, 5.74) is 0.203. The summed E-state index contributed by atoms with van der Waals surface area (Å²) in [6.45, 7) is 6.98. The molecule has 0 saturated heterocycles. The molecule has 0 heterocycles. The second-order valence-electron chi connectivity index (χ2n) is 6.81. The van der Waals surface area contributed by atoms with E-state index in [2.05, 4.69) is 24.5 Å². The number of nitrogens with one attached hydrogen (secondary N) is 2. The summed E-state index contributed by atoms with van der Waals surface area (Å²) in [6, 6.07) is -1.15. The van der Waals surface area contributed by atoms with Crippen molar-refractivity contribution in [2.75, 3.05) is 6.54 Å². The number of amides is 2. The van der Waals surface area contributed by atoms with Gasteiger partial charge < -0.3 is 15.7 Å². The molecule has 0 aromatic carbocycles. The van der Waals surface area contributed by atoms with Gasteiger partial charge in [0.05, 0.1) is 0 Å². The Morgan fingerprint density at radius 2 is 1.86 bits per heavy atom. The van der Waals surface area contributed by atoms with E-state index in [9.17, 15) is 9.59 Å². The summed E-state index contributed by atoms with van der Waals surface area (Å²) >= 11 is 0. The van der Waals surface area contributed by atoms with E-state index in [0.717, 1.165) is 25.7 Å². The SMILES string of the molecule is CCC[C@@H](NC(=O)NCC1(CC(C)C)CCCC1)C(=O)O. The van der Waals surface area contributed by atoms with E-state index in [1.807, 2.05) is 6.92 Å². The van der Waals surface area contributed by atoms with Crippen LogP contribution in [0.4, 0.5) is 4.79 Å². The van der Waals surface area contributed by atoms with Crippen LogP contribution in [-0.4, -0.2) is 29.7 Å². The predicted molar refractivity (Wildman–Crippen MR) is 83.2 cm³/mol. The second kappa shape index (κ2) is 8.25. The molecule has 0 aliphatic heterocycles. The molecule has 3 N–H and O–H groups in total. The summed E-state index contributed by atoms with van der Waals surface area (Å²) in [5.74, 6) is -0.357. The van der Waals surface area contributed by atoms with Crippen LogP contribution in [0.3, 0.4) is 0 Å². The smallest absolute Gasteiger partial charge is 0.326 e. The zero-order chi connectivity index (χ0) is 15.9. The number of hydrogen-bond acceptors (Lipinski definition) is 2. The molecule has 122 valence electrons. The molecule has 0 radical (unpaired) electrons. The first-order valence-corrected chi connectivity index (χ1v) is 8.16. The Bertz CT molecular complexity index is 349. The molecule has 1 aliphatic rings. The lowest BCUT2D eigenvalue weighted by Gasteiger charge is -2.31. The lowest BCUT2D eigenvalue weighted by Crippen LogP contribution is -2.48. The molecule has 0 aromatic heterocycles.